The number of hydrogen-bond donors (Lipinski definition) is 2. The van der Waals surface area contributed by atoms with Gasteiger partial charge in [0.2, 0.25) is 11.8 Å². The summed E-state index contributed by atoms with van der Waals surface area (Å²) < 4.78 is 0. The topological polar surface area (TPSA) is 81.8 Å². The van der Waals surface area contributed by atoms with E-state index in [1.54, 1.807) is 11.0 Å². The molecule has 2 N–H and O–H groups in total. The fourth-order valence-electron chi connectivity index (χ4n) is 4.34. The molecule has 0 aromatic heterocycles. The average molecular weight is 409 g/mol. The Hall–Kier alpha value is -2.69. The second-order valence-electron chi connectivity index (χ2n) is 8.08. The van der Waals surface area contributed by atoms with Gasteiger partial charge >= 0.3 is 0 Å². The van der Waals surface area contributed by atoms with Gasteiger partial charge in [0.05, 0.1) is 0 Å². The summed E-state index contributed by atoms with van der Waals surface area (Å²) in [6.07, 6.45) is 3.67. The number of piperazine rings is 1. The van der Waals surface area contributed by atoms with Gasteiger partial charge in [-0.1, -0.05) is 17.9 Å². The molecular weight excluding hydrogens is 380 g/mol. The van der Waals surface area contributed by atoms with E-state index < -0.39 is 6.04 Å². The highest BCUT2D eigenvalue weighted by atomic mass is 16.2. The summed E-state index contributed by atoms with van der Waals surface area (Å²) in [4.78, 5) is 40.5. The number of piperidine rings is 1. The molecule has 3 aliphatic heterocycles. The molecule has 7 nitrogen and oxygen atoms in total. The van der Waals surface area contributed by atoms with E-state index in [-0.39, 0.29) is 24.1 Å². The lowest BCUT2D eigenvalue weighted by Gasteiger charge is -2.29. The highest BCUT2D eigenvalue weighted by Crippen LogP contribution is 2.29. The van der Waals surface area contributed by atoms with Crippen molar-refractivity contribution in [3.63, 3.8) is 0 Å². The van der Waals surface area contributed by atoms with Gasteiger partial charge in [0.15, 0.2) is 0 Å². The summed E-state index contributed by atoms with van der Waals surface area (Å²) in [5, 5.41) is 5.71. The predicted molar refractivity (Wildman–Crippen MR) is 113 cm³/mol. The van der Waals surface area contributed by atoms with E-state index in [0.29, 0.717) is 18.5 Å². The predicted octanol–water partition coefficient (Wildman–Crippen LogP) is 0.875. The molecule has 0 saturated carbocycles. The van der Waals surface area contributed by atoms with Crippen LogP contribution >= 0.6 is 0 Å². The second kappa shape index (κ2) is 9.41. The monoisotopic (exact) mass is 408 g/mol. The van der Waals surface area contributed by atoms with E-state index in [4.69, 9.17) is 0 Å². The van der Waals surface area contributed by atoms with Crippen molar-refractivity contribution in [2.75, 3.05) is 32.7 Å². The molecule has 3 heterocycles. The van der Waals surface area contributed by atoms with E-state index in [2.05, 4.69) is 27.4 Å². The van der Waals surface area contributed by atoms with Gasteiger partial charge in [-0.25, -0.2) is 0 Å². The van der Waals surface area contributed by atoms with Gasteiger partial charge < -0.3 is 15.1 Å². The van der Waals surface area contributed by atoms with Crippen molar-refractivity contribution in [3.8, 4) is 11.8 Å². The molecule has 1 aromatic carbocycles. The molecule has 2 fully saturated rings. The Kier molecular flexibility index (Phi) is 6.46. The van der Waals surface area contributed by atoms with Crippen LogP contribution in [0.2, 0.25) is 0 Å². The Morgan fingerprint density at radius 3 is 2.73 bits per heavy atom. The Bertz CT molecular complexity index is 895. The number of carbonyl (C=O) groups is 3. The van der Waals surface area contributed by atoms with Crippen LogP contribution in [0, 0.1) is 11.8 Å². The third-order valence-corrected chi connectivity index (χ3v) is 6.04. The van der Waals surface area contributed by atoms with Gasteiger partial charge in [-0.2, -0.15) is 0 Å². The number of fused-ring (bicyclic) bond motifs is 1. The van der Waals surface area contributed by atoms with Crippen LogP contribution in [-0.4, -0.2) is 66.3 Å². The first-order valence-corrected chi connectivity index (χ1v) is 10.8. The Labute approximate surface area is 177 Å². The van der Waals surface area contributed by atoms with Crippen LogP contribution in [0.3, 0.4) is 0 Å². The van der Waals surface area contributed by atoms with E-state index in [0.717, 1.165) is 63.1 Å². The number of imide groups is 1. The lowest BCUT2D eigenvalue weighted by Crippen LogP contribution is -2.52. The maximum atomic E-state index is 12.8. The molecule has 7 heteroatoms. The third-order valence-electron chi connectivity index (χ3n) is 6.04. The van der Waals surface area contributed by atoms with Gasteiger partial charge in [0.1, 0.15) is 6.04 Å². The number of rotatable bonds is 5. The van der Waals surface area contributed by atoms with Crippen LogP contribution in [0.4, 0.5) is 0 Å². The second-order valence-corrected chi connectivity index (χ2v) is 8.08. The standard InChI is InChI=1S/C23H28N4O3/c28-21-10-9-20(22(29)25-21)27-16-19-17(7-5-8-18(19)23(27)30)6-3-1-2-4-13-26-14-11-24-12-15-26/h5,7-8,20,24H,1-2,4,9-16H2,(H,25,28,29). The summed E-state index contributed by atoms with van der Waals surface area (Å²) in [7, 11) is 0. The van der Waals surface area contributed by atoms with Crippen LogP contribution in [0.1, 0.15) is 53.6 Å². The summed E-state index contributed by atoms with van der Waals surface area (Å²) in [5.74, 6) is 5.68. The average Bonchev–Trinajstić information content (AvgIpc) is 3.08. The maximum Gasteiger partial charge on any atom is 0.255 e. The van der Waals surface area contributed by atoms with E-state index in [1.165, 1.54) is 0 Å². The molecule has 30 heavy (non-hydrogen) atoms. The largest absolute Gasteiger partial charge is 0.322 e. The molecule has 0 spiro atoms. The zero-order chi connectivity index (χ0) is 20.9. The molecule has 3 amide bonds. The van der Waals surface area contributed by atoms with Crippen molar-refractivity contribution in [1.82, 2.24) is 20.4 Å². The first-order chi connectivity index (χ1) is 14.6. The minimum absolute atomic E-state index is 0.154. The summed E-state index contributed by atoms with van der Waals surface area (Å²) in [6.45, 7) is 5.90. The summed E-state index contributed by atoms with van der Waals surface area (Å²) in [6, 6.07) is 4.99. The van der Waals surface area contributed by atoms with Crippen molar-refractivity contribution in [2.24, 2.45) is 0 Å². The fourth-order valence-corrected chi connectivity index (χ4v) is 4.34. The van der Waals surface area contributed by atoms with Crippen LogP contribution in [0.25, 0.3) is 0 Å². The minimum Gasteiger partial charge on any atom is -0.322 e. The SMILES string of the molecule is O=C1CCC(N2Cc3c(C#CCCCCN4CCNCC4)cccc3C2=O)C(=O)N1. The molecule has 3 aliphatic rings. The molecule has 0 bridgehead atoms. The van der Waals surface area contributed by atoms with Crippen LogP contribution in [0.5, 0.6) is 0 Å². The Morgan fingerprint density at radius 1 is 1.10 bits per heavy atom. The normalized spacial score (nSPS) is 21.8. The quantitative estimate of drug-likeness (QED) is 0.429. The highest BCUT2D eigenvalue weighted by molar-refractivity contribution is 6.05. The number of hydrogen-bond acceptors (Lipinski definition) is 5. The van der Waals surface area contributed by atoms with E-state index >= 15 is 0 Å². The fraction of sp³-hybridized carbons (Fsp3) is 0.522. The van der Waals surface area contributed by atoms with Crippen molar-refractivity contribution < 1.29 is 14.4 Å². The number of nitrogens with zero attached hydrogens (tertiary/aromatic N) is 2. The van der Waals surface area contributed by atoms with Gasteiger partial charge in [-0.05, 0) is 43.5 Å². The molecular formula is C23H28N4O3. The molecule has 2 saturated heterocycles. The number of carbonyl (C=O) groups excluding carboxylic acids is 3. The van der Waals surface area contributed by atoms with Gasteiger partial charge in [-0.15, -0.1) is 0 Å². The van der Waals surface area contributed by atoms with Crippen molar-refractivity contribution in [1.29, 1.82) is 0 Å². The third kappa shape index (κ3) is 4.55. The Balaban J connectivity index is 1.34. The summed E-state index contributed by atoms with van der Waals surface area (Å²) in [5.41, 5.74) is 2.36. The lowest BCUT2D eigenvalue weighted by atomic mass is 10.0. The number of benzene rings is 1. The van der Waals surface area contributed by atoms with Gasteiger partial charge in [-0.3, -0.25) is 19.7 Å². The molecule has 4 rings (SSSR count). The molecule has 0 radical (unpaired) electrons. The summed E-state index contributed by atoms with van der Waals surface area (Å²) >= 11 is 0. The first-order valence-electron chi connectivity index (χ1n) is 10.8. The Morgan fingerprint density at radius 2 is 1.93 bits per heavy atom. The van der Waals surface area contributed by atoms with Crippen molar-refractivity contribution in [3.05, 3.63) is 34.9 Å². The minimum atomic E-state index is -0.589. The molecule has 158 valence electrons. The van der Waals surface area contributed by atoms with Crippen molar-refractivity contribution in [2.45, 2.75) is 44.7 Å². The van der Waals surface area contributed by atoms with Crippen LogP contribution in [-0.2, 0) is 16.1 Å². The smallest absolute Gasteiger partial charge is 0.255 e. The van der Waals surface area contributed by atoms with Crippen molar-refractivity contribution >= 4 is 17.7 Å². The number of nitrogens with one attached hydrogen (secondary N) is 2. The maximum absolute atomic E-state index is 12.8. The zero-order valence-corrected chi connectivity index (χ0v) is 17.2. The first kappa shape index (κ1) is 20.6. The van der Waals surface area contributed by atoms with E-state index in [9.17, 15) is 14.4 Å². The molecule has 1 atom stereocenters. The highest BCUT2D eigenvalue weighted by Gasteiger charge is 2.39. The number of amides is 3. The van der Waals surface area contributed by atoms with E-state index in [1.807, 2.05) is 12.1 Å². The molecule has 0 aliphatic carbocycles. The van der Waals surface area contributed by atoms with Gasteiger partial charge in [0, 0.05) is 56.7 Å². The van der Waals surface area contributed by atoms with Crippen LogP contribution in [0.15, 0.2) is 18.2 Å². The van der Waals surface area contributed by atoms with Crippen LogP contribution < -0.4 is 10.6 Å². The van der Waals surface area contributed by atoms with Gasteiger partial charge in [0.25, 0.3) is 5.91 Å². The molecule has 1 aromatic rings. The molecule has 1 unspecified atom stereocenters. The lowest BCUT2D eigenvalue weighted by molar-refractivity contribution is -0.136. The number of unbranched alkanes of at least 4 members (excludes halogenated alkanes) is 2. The zero-order valence-electron chi connectivity index (χ0n) is 17.2.